The van der Waals surface area contributed by atoms with E-state index >= 15 is 0 Å². The standard InChI is InChI=1S/C13H15FN2O/c14-9-3-4-11-10(7-9)16-12(17-11)8-13(15)5-1-2-6-13/h3-4,7H,1-2,5-6,8,15H2. The Bertz CT molecular complexity index is 543. The molecule has 90 valence electrons. The minimum Gasteiger partial charge on any atom is -0.441 e. The van der Waals surface area contributed by atoms with Crippen LogP contribution >= 0.6 is 0 Å². The van der Waals surface area contributed by atoms with E-state index in [0.717, 1.165) is 12.8 Å². The van der Waals surface area contributed by atoms with Crippen LogP contribution in [-0.2, 0) is 6.42 Å². The van der Waals surface area contributed by atoms with Crippen LogP contribution in [0.5, 0.6) is 0 Å². The van der Waals surface area contributed by atoms with Crippen molar-refractivity contribution in [2.24, 2.45) is 5.73 Å². The molecule has 1 heterocycles. The molecule has 0 radical (unpaired) electrons. The second-order valence-electron chi connectivity index (χ2n) is 4.97. The third-order valence-corrected chi connectivity index (χ3v) is 3.50. The Labute approximate surface area is 98.8 Å². The molecule has 2 N–H and O–H groups in total. The molecule has 0 saturated heterocycles. The Hall–Kier alpha value is -1.42. The molecule has 0 atom stereocenters. The molecular formula is C13H15FN2O. The van der Waals surface area contributed by atoms with Gasteiger partial charge >= 0.3 is 0 Å². The summed E-state index contributed by atoms with van der Waals surface area (Å²) in [4.78, 5) is 4.30. The lowest BCUT2D eigenvalue weighted by atomic mass is 9.95. The number of oxazole rings is 1. The number of fused-ring (bicyclic) bond motifs is 1. The maximum atomic E-state index is 13.0. The second-order valence-corrected chi connectivity index (χ2v) is 4.97. The summed E-state index contributed by atoms with van der Waals surface area (Å²) < 4.78 is 18.6. The fourth-order valence-corrected chi connectivity index (χ4v) is 2.58. The molecule has 1 aromatic heterocycles. The van der Waals surface area contributed by atoms with Crippen LogP contribution < -0.4 is 5.73 Å². The predicted molar refractivity (Wildman–Crippen MR) is 63.1 cm³/mol. The number of hydrogen-bond acceptors (Lipinski definition) is 3. The lowest BCUT2D eigenvalue weighted by Gasteiger charge is -2.20. The molecule has 17 heavy (non-hydrogen) atoms. The average molecular weight is 234 g/mol. The van der Waals surface area contributed by atoms with E-state index < -0.39 is 0 Å². The van der Waals surface area contributed by atoms with Gasteiger partial charge in [-0.15, -0.1) is 0 Å². The highest BCUT2D eigenvalue weighted by atomic mass is 19.1. The normalized spacial score (nSPS) is 18.9. The number of halogens is 1. The minimum atomic E-state index is -0.291. The second kappa shape index (κ2) is 3.81. The summed E-state index contributed by atoms with van der Waals surface area (Å²) in [5, 5.41) is 0. The van der Waals surface area contributed by atoms with Crippen molar-refractivity contribution in [2.75, 3.05) is 0 Å². The number of rotatable bonds is 2. The molecule has 1 aliphatic carbocycles. The molecule has 2 aromatic rings. The van der Waals surface area contributed by atoms with E-state index in [2.05, 4.69) is 4.98 Å². The van der Waals surface area contributed by atoms with E-state index in [1.165, 1.54) is 25.0 Å². The van der Waals surface area contributed by atoms with Gasteiger partial charge in [0.1, 0.15) is 11.3 Å². The zero-order valence-corrected chi connectivity index (χ0v) is 9.58. The smallest absolute Gasteiger partial charge is 0.197 e. The molecule has 4 heteroatoms. The van der Waals surface area contributed by atoms with Gasteiger partial charge in [-0.2, -0.15) is 0 Å². The number of benzene rings is 1. The fraction of sp³-hybridized carbons (Fsp3) is 0.462. The van der Waals surface area contributed by atoms with Gasteiger partial charge in [-0.25, -0.2) is 9.37 Å². The van der Waals surface area contributed by atoms with Gasteiger partial charge in [0, 0.05) is 18.0 Å². The van der Waals surface area contributed by atoms with Crippen molar-refractivity contribution < 1.29 is 8.81 Å². The van der Waals surface area contributed by atoms with Gasteiger partial charge in [-0.05, 0) is 25.0 Å². The van der Waals surface area contributed by atoms with Crippen molar-refractivity contribution in [3.05, 3.63) is 29.9 Å². The summed E-state index contributed by atoms with van der Waals surface area (Å²) in [6, 6.07) is 4.38. The van der Waals surface area contributed by atoms with E-state index in [1.807, 2.05) is 0 Å². The number of aromatic nitrogens is 1. The number of nitrogens with zero attached hydrogens (tertiary/aromatic N) is 1. The van der Waals surface area contributed by atoms with Crippen LogP contribution in [0.3, 0.4) is 0 Å². The summed E-state index contributed by atoms with van der Waals surface area (Å²) in [6.07, 6.45) is 5.01. The zero-order chi connectivity index (χ0) is 11.9. The SMILES string of the molecule is NC1(Cc2nc3cc(F)ccc3o2)CCCC1. The molecule has 1 aliphatic rings. The summed E-state index contributed by atoms with van der Waals surface area (Å²) in [7, 11) is 0. The van der Waals surface area contributed by atoms with Crippen molar-refractivity contribution in [3.8, 4) is 0 Å². The number of hydrogen-bond donors (Lipinski definition) is 1. The summed E-state index contributed by atoms with van der Waals surface area (Å²) in [5.74, 6) is 0.329. The first-order valence-corrected chi connectivity index (χ1v) is 5.99. The Morgan fingerprint density at radius 3 is 2.88 bits per heavy atom. The molecule has 1 aromatic carbocycles. The average Bonchev–Trinajstić information content (AvgIpc) is 2.84. The molecule has 3 rings (SSSR count). The van der Waals surface area contributed by atoms with Gasteiger partial charge in [0.05, 0.1) is 0 Å². The molecule has 1 saturated carbocycles. The van der Waals surface area contributed by atoms with Crippen LogP contribution in [0.4, 0.5) is 4.39 Å². The van der Waals surface area contributed by atoms with Crippen molar-refractivity contribution in [1.29, 1.82) is 0 Å². The molecule has 3 nitrogen and oxygen atoms in total. The first-order chi connectivity index (χ1) is 8.15. The lowest BCUT2D eigenvalue weighted by molar-refractivity contribution is 0.385. The van der Waals surface area contributed by atoms with E-state index in [9.17, 15) is 4.39 Å². The van der Waals surface area contributed by atoms with Gasteiger partial charge in [-0.1, -0.05) is 12.8 Å². The van der Waals surface area contributed by atoms with Gasteiger partial charge in [-0.3, -0.25) is 0 Å². The van der Waals surface area contributed by atoms with Crippen LogP contribution in [-0.4, -0.2) is 10.5 Å². The Morgan fingerprint density at radius 1 is 1.35 bits per heavy atom. The molecule has 0 unspecified atom stereocenters. The summed E-state index contributed by atoms with van der Waals surface area (Å²) in [6.45, 7) is 0. The van der Waals surface area contributed by atoms with Crippen molar-refractivity contribution in [2.45, 2.75) is 37.6 Å². The van der Waals surface area contributed by atoms with Gasteiger partial charge < -0.3 is 10.2 Å². The number of nitrogens with two attached hydrogens (primary N) is 1. The lowest BCUT2D eigenvalue weighted by Crippen LogP contribution is -2.38. The molecule has 0 amide bonds. The quantitative estimate of drug-likeness (QED) is 0.869. The monoisotopic (exact) mass is 234 g/mol. The minimum absolute atomic E-state index is 0.181. The van der Waals surface area contributed by atoms with Gasteiger partial charge in [0.25, 0.3) is 0 Å². The first kappa shape index (κ1) is 10.7. The van der Waals surface area contributed by atoms with E-state index in [0.29, 0.717) is 23.4 Å². The van der Waals surface area contributed by atoms with Crippen LogP contribution in [0.2, 0.25) is 0 Å². The van der Waals surface area contributed by atoms with E-state index in [4.69, 9.17) is 10.2 Å². The van der Waals surface area contributed by atoms with Crippen molar-refractivity contribution in [3.63, 3.8) is 0 Å². The molecule has 0 bridgehead atoms. The maximum absolute atomic E-state index is 13.0. The van der Waals surface area contributed by atoms with Crippen LogP contribution in [0.25, 0.3) is 11.1 Å². The van der Waals surface area contributed by atoms with Gasteiger partial charge in [0.2, 0.25) is 0 Å². The maximum Gasteiger partial charge on any atom is 0.197 e. The third-order valence-electron chi connectivity index (χ3n) is 3.50. The first-order valence-electron chi connectivity index (χ1n) is 5.99. The predicted octanol–water partition coefficient (Wildman–Crippen LogP) is 2.78. The van der Waals surface area contributed by atoms with Crippen molar-refractivity contribution >= 4 is 11.1 Å². The molecule has 0 spiro atoms. The Morgan fingerprint density at radius 2 is 2.12 bits per heavy atom. The Balaban J connectivity index is 1.90. The topological polar surface area (TPSA) is 52.0 Å². The molecule has 1 fully saturated rings. The van der Waals surface area contributed by atoms with E-state index in [1.54, 1.807) is 6.07 Å². The van der Waals surface area contributed by atoms with E-state index in [-0.39, 0.29) is 11.4 Å². The van der Waals surface area contributed by atoms with Crippen LogP contribution in [0.15, 0.2) is 22.6 Å². The molecule has 0 aliphatic heterocycles. The highest BCUT2D eigenvalue weighted by molar-refractivity contribution is 5.72. The fourth-order valence-electron chi connectivity index (χ4n) is 2.58. The molecular weight excluding hydrogens is 219 g/mol. The summed E-state index contributed by atoms with van der Waals surface area (Å²) in [5.41, 5.74) is 7.29. The highest BCUT2D eigenvalue weighted by Gasteiger charge is 2.31. The van der Waals surface area contributed by atoms with Crippen LogP contribution in [0, 0.1) is 5.82 Å². The van der Waals surface area contributed by atoms with Crippen molar-refractivity contribution in [1.82, 2.24) is 4.98 Å². The highest BCUT2D eigenvalue weighted by Crippen LogP contribution is 2.31. The summed E-state index contributed by atoms with van der Waals surface area (Å²) >= 11 is 0. The Kier molecular flexibility index (Phi) is 2.40. The third kappa shape index (κ3) is 2.05. The van der Waals surface area contributed by atoms with Gasteiger partial charge in [0.15, 0.2) is 11.5 Å². The van der Waals surface area contributed by atoms with Crippen LogP contribution in [0.1, 0.15) is 31.6 Å². The zero-order valence-electron chi connectivity index (χ0n) is 9.58. The largest absolute Gasteiger partial charge is 0.441 e.